The number of hydrogen-bond acceptors (Lipinski definition) is 3. The van der Waals surface area contributed by atoms with Gasteiger partial charge in [-0.1, -0.05) is 13.1 Å². The van der Waals surface area contributed by atoms with Gasteiger partial charge in [0.05, 0.1) is 14.0 Å². The van der Waals surface area contributed by atoms with Crippen LogP contribution in [-0.4, -0.2) is 49.3 Å². The van der Waals surface area contributed by atoms with Gasteiger partial charge in [0, 0.05) is 20.3 Å². The Balaban J connectivity index is 2.29. The molecule has 0 N–H and O–H groups in total. The quantitative estimate of drug-likeness (QED) is 0.735. The van der Waals surface area contributed by atoms with E-state index in [0.29, 0.717) is 0 Å². The van der Waals surface area contributed by atoms with E-state index in [2.05, 4.69) is 13.1 Å². The van der Waals surface area contributed by atoms with Crippen molar-refractivity contribution < 1.29 is 13.9 Å². The van der Waals surface area contributed by atoms with E-state index < -0.39 is 18.6 Å². The number of rotatable bonds is 4. The zero-order valence-electron chi connectivity index (χ0n) is 12.2. The smallest absolute Gasteiger partial charge is 0.197 e. The molecule has 0 bridgehead atoms. The maximum Gasteiger partial charge on any atom is 0.197 e. The summed E-state index contributed by atoms with van der Waals surface area (Å²) in [7, 11) is 0.212. The van der Waals surface area contributed by atoms with Gasteiger partial charge in [-0.15, -0.1) is 0 Å². The zero-order chi connectivity index (χ0) is 13.1. The Morgan fingerprint density at radius 2 is 1.67 bits per heavy atom. The molecule has 0 amide bonds. The van der Waals surface area contributed by atoms with Crippen molar-refractivity contribution in [2.24, 2.45) is 0 Å². The number of ether oxygens (including phenoxy) is 2. The van der Waals surface area contributed by atoms with Crippen molar-refractivity contribution in [2.45, 2.75) is 62.1 Å². The van der Waals surface area contributed by atoms with Crippen molar-refractivity contribution in [1.82, 2.24) is 0 Å². The maximum atomic E-state index is 6.41. The van der Waals surface area contributed by atoms with Crippen molar-refractivity contribution in [3.8, 4) is 0 Å². The highest BCUT2D eigenvalue weighted by Gasteiger charge is 2.56. The summed E-state index contributed by atoms with van der Waals surface area (Å²) >= 11 is 0. The fourth-order valence-electron chi connectivity index (χ4n) is 3.81. The van der Waals surface area contributed by atoms with Crippen molar-refractivity contribution in [2.75, 3.05) is 20.3 Å². The van der Waals surface area contributed by atoms with Crippen LogP contribution in [0, 0.1) is 0 Å². The van der Waals surface area contributed by atoms with E-state index in [1.54, 1.807) is 0 Å². The van der Waals surface area contributed by atoms with E-state index in [-0.39, 0.29) is 10.4 Å². The van der Waals surface area contributed by atoms with Gasteiger partial charge in [0.25, 0.3) is 0 Å². The molecule has 2 heterocycles. The third kappa shape index (κ3) is 2.48. The van der Waals surface area contributed by atoms with E-state index in [1.165, 1.54) is 32.1 Å². The van der Waals surface area contributed by atoms with Gasteiger partial charge in [-0.3, -0.25) is 0 Å². The predicted octanol–water partition coefficient (Wildman–Crippen LogP) is 1.58. The van der Waals surface area contributed by atoms with Gasteiger partial charge < -0.3 is 13.9 Å². The van der Waals surface area contributed by atoms with Gasteiger partial charge in [0.2, 0.25) is 0 Å². The molecule has 0 radical (unpaired) electrons. The van der Waals surface area contributed by atoms with Gasteiger partial charge in [-0.2, -0.15) is 0 Å². The lowest BCUT2D eigenvalue weighted by Crippen LogP contribution is -2.69. The summed E-state index contributed by atoms with van der Waals surface area (Å²) in [5.41, 5.74) is 0. The minimum absolute atomic E-state index is 0.0270. The van der Waals surface area contributed by atoms with Crippen LogP contribution in [0.4, 0.5) is 0 Å². The topological polar surface area (TPSA) is 27.7 Å². The van der Waals surface area contributed by atoms with Gasteiger partial charge in [-0.25, -0.2) is 0 Å². The van der Waals surface area contributed by atoms with E-state index in [9.17, 15) is 0 Å². The van der Waals surface area contributed by atoms with Crippen LogP contribution in [0.2, 0.25) is 13.1 Å². The Bertz CT molecular complexity index is 253. The molecule has 5 heteroatoms. The van der Waals surface area contributed by atoms with Crippen LogP contribution in [0.1, 0.15) is 38.5 Å². The molecule has 3 nitrogen and oxygen atoms in total. The molecular weight excluding hydrogens is 260 g/mol. The molecule has 0 aromatic carbocycles. The summed E-state index contributed by atoms with van der Waals surface area (Å²) in [4.78, 5) is 0. The summed E-state index contributed by atoms with van der Waals surface area (Å²) in [6.07, 6.45) is 7.37. The molecule has 0 aromatic rings. The Hall–Kier alpha value is 0.314. The first kappa shape index (κ1) is 14.7. The molecule has 2 aliphatic heterocycles. The second-order valence-corrected chi connectivity index (χ2v) is 11.3. The fraction of sp³-hybridized carbons (Fsp3) is 1.00. The van der Waals surface area contributed by atoms with Crippen molar-refractivity contribution in [3.63, 3.8) is 0 Å². The summed E-state index contributed by atoms with van der Waals surface area (Å²) in [5, 5.41) is 0.0225. The zero-order valence-corrected chi connectivity index (χ0v) is 14.7. The highest BCUT2D eigenvalue weighted by molar-refractivity contribution is 6.61. The van der Waals surface area contributed by atoms with Crippen LogP contribution < -0.4 is 0 Å². The second-order valence-electron chi connectivity index (χ2n) is 6.08. The molecule has 2 fully saturated rings. The first-order chi connectivity index (χ1) is 8.67. The maximum absolute atomic E-state index is 6.41. The summed E-state index contributed by atoms with van der Waals surface area (Å²) in [6.45, 7) is 6.68. The normalized spacial score (nSPS) is 38.7. The Morgan fingerprint density at radius 1 is 1.00 bits per heavy atom. The molecule has 18 heavy (non-hydrogen) atoms. The van der Waals surface area contributed by atoms with Crippen LogP contribution in [0.15, 0.2) is 0 Å². The largest absolute Gasteiger partial charge is 0.424 e. The van der Waals surface area contributed by atoms with E-state index in [0.717, 1.165) is 19.6 Å². The minimum atomic E-state index is -0.952. The van der Waals surface area contributed by atoms with Gasteiger partial charge in [0.15, 0.2) is 9.76 Å². The van der Waals surface area contributed by atoms with Crippen LogP contribution >= 0.6 is 0 Å². The van der Waals surface area contributed by atoms with Crippen molar-refractivity contribution >= 4 is 18.6 Å². The number of hydrogen-bond donors (Lipinski definition) is 0. The van der Waals surface area contributed by atoms with Crippen LogP contribution in [0.3, 0.4) is 0 Å². The van der Waals surface area contributed by atoms with E-state index >= 15 is 0 Å². The fourth-order valence-corrected chi connectivity index (χ4v) is 9.41. The van der Waals surface area contributed by atoms with Crippen LogP contribution in [-0.2, 0) is 13.9 Å². The van der Waals surface area contributed by atoms with E-state index in [4.69, 9.17) is 13.9 Å². The molecule has 2 rings (SSSR count). The standard InChI is InChI=1S/C13H28O3Si2/c1-14-17-12(8-4-6-10-15-12)13(18(2)3)9-5-7-11-16-13/h18H,4-11,17H2,1-3H3. The Morgan fingerprint density at radius 3 is 2.11 bits per heavy atom. The van der Waals surface area contributed by atoms with Crippen molar-refractivity contribution in [3.05, 3.63) is 0 Å². The molecule has 0 saturated carbocycles. The average Bonchev–Trinajstić information content (AvgIpc) is 2.40. The third-order valence-electron chi connectivity index (χ3n) is 4.74. The third-order valence-corrected chi connectivity index (χ3v) is 9.90. The molecule has 106 valence electrons. The van der Waals surface area contributed by atoms with Gasteiger partial charge in [0.1, 0.15) is 5.22 Å². The molecule has 2 unspecified atom stereocenters. The highest BCUT2D eigenvalue weighted by Crippen LogP contribution is 2.44. The molecule has 0 aliphatic carbocycles. The molecular formula is C13H28O3Si2. The predicted molar refractivity (Wildman–Crippen MR) is 79.5 cm³/mol. The average molecular weight is 289 g/mol. The Kier molecular flexibility index (Phi) is 5.05. The summed E-state index contributed by atoms with van der Waals surface area (Å²) in [5.74, 6) is 0. The second kappa shape index (κ2) is 6.18. The first-order valence-electron chi connectivity index (χ1n) is 7.44. The lowest BCUT2D eigenvalue weighted by atomic mass is 9.96. The highest BCUT2D eigenvalue weighted by atomic mass is 28.3. The monoisotopic (exact) mass is 288 g/mol. The lowest BCUT2D eigenvalue weighted by molar-refractivity contribution is -0.166. The lowest BCUT2D eigenvalue weighted by Gasteiger charge is -2.55. The molecule has 0 spiro atoms. The SMILES string of the molecule is CO[SiH2]C1(C2([SiH](C)C)CCCCO2)CCCCO1. The van der Waals surface area contributed by atoms with Gasteiger partial charge in [-0.05, 0) is 38.5 Å². The summed E-state index contributed by atoms with van der Waals surface area (Å²) in [6, 6.07) is 0. The van der Waals surface area contributed by atoms with Crippen molar-refractivity contribution in [1.29, 1.82) is 0 Å². The molecule has 2 aliphatic rings. The van der Waals surface area contributed by atoms with Crippen LogP contribution in [0.25, 0.3) is 0 Å². The molecule has 0 aromatic heterocycles. The van der Waals surface area contributed by atoms with Gasteiger partial charge >= 0.3 is 0 Å². The molecule has 2 atom stereocenters. The minimum Gasteiger partial charge on any atom is -0.424 e. The van der Waals surface area contributed by atoms with E-state index in [1.807, 2.05) is 7.11 Å². The van der Waals surface area contributed by atoms with Crippen LogP contribution in [0.5, 0.6) is 0 Å². The summed E-state index contributed by atoms with van der Waals surface area (Å²) < 4.78 is 18.4. The Labute approximate surface area is 115 Å². The molecule has 2 saturated heterocycles. The first-order valence-corrected chi connectivity index (χ1v) is 11.6.